The van der Waals surface area contributed by atoms with Gasteiger partial charge in [0, 0.05) is 18.0 Å². The topological polar surface area (TPSA) is 45.2 Å². The summed E-state index contributed by atoms with van der Waals surface area (Å²) < 4.78 is 0. The highest BCUT2D eigenvalue weighted by Gasteiger charge is 2.12. The molecule has 0 fully saturated rings. The number of nitrogens with zero attached hydrogens (tertiary/aromatic N) is 1. The third kappa shape index (κ3) is 4.66. The lowest BCUT2D eigenvalue weighted by Crippen LogP contribution is -2.16. The van der Waals surface area contributed by atoms with E-state index in [1.54, 1.807) is 11.8 Å². The highest BCUT2D eigenvalue weighted by Crippen LogP contribution is 2.26. The Morgan fingerprint density at radius 2 is 2.18 bits per heavy atom. The van der Waals surface area contributed by atoms with Crippen LogP contribution in [0, 0.1) is 6.92 Å². The molecule has 0 aliphatic heterocycles. The average Bonchev–Trinajstić information content (AvgIpc) is 2.29. The van der Waals surface area contributed by atoms with Gasteiger partial charge in [0.1, 0.15) is 0 Å². The summed E-state index contributed by atoms with van der Waals surface area (Å²) in [6.07, 6.45) is 1.59. The van der Waals surface area contributed by atoms with E-state index in [9.17, 15) is 5.11 Å². The highest BCUT2D eigenvalue weighted by atomic mass is 32.2. The number of nitrogens with one attached hydrogen (secondary N) is 1. The lowest BCUT2D eigenvalue weighted by atomic mass is 10.2. The molecule has 3 nitrogen and oxygen atoms in total. The molecule has 96 valence electrons. The number of aliphatic hydroxyl groups excluding tert-OH is 1. The molecular weight excluding hydrogens is 232 g/mol. The van der Waals surface area contributed by atoms with Crippen molar-refractivity contribution in [1.82, 2.24) is 10.3 Å². The van der Waals surface area contributed by atoms with E-state index in [1.807, 2.05) is 20.0 Å². The molecule has 2 N–H and O–H groups in total. The first-order valence-electron chi connectivity index (χ1n) is 6.05. The molecule has 0 aliphatic rings. The summed E-state index contributed by atoms with van der Waals surface area (Å²) in [6.45, 7) is 9.82. The first kappa shape index (κ1) is 14.5. The Labute approximate surface area is 108 Å². The predicted octanol–water partition coefficient (Wildman–Crippen LogP) is 2.36. The van der Waals surface area contributed by atoms with Gasteiger partial charge in [-0.05, 0) is 31.5 Å². The fraction of sp³-hybridized carbons (Fsp3) is 0.615. The fourth-order valence-electron chi connectivity index (χ4n) is 1.38. The minimum absolute atomic E-state index is 0.167. The van der Waals surface area contributed by atoms with Crippen molar-refractivity contribution < 1.29 is 5.11 Å². The van der Waals surface area contributed by atoms with Crippen molar-refractivity contribution in [3.8, 4) is 0 Å². The Bertz CT molecular complexity index is 355. The van der Waals surface area contributed by atoms with Gasteiger partial charge in [-0.3, -0.25) is 0 Å². The van der Waals surface area contributed by atoms with Gasteiger partial charge in [0.05, 0.1) is 11.1 Å². The number of thioether (sulfide) groups is 1. The second-order valence-electron chi connectivity index (χ2n) is 4.31. The summed E-state index contributed by atoms with van der Waals surface area (Å²) in [7, 11) is 0. The smallest absolute Gasteiger partial charge is 0.0992 e. The molecular formula is C13H22N2OS. The second-order valence-corrected chi connectivity index (χ2v) is 5.68. The van der Waals surface area contributed by atoms with Crippen molar-refractivity contribution in [2.75, 3.05) is 6.54 Å². The van der Waals surface area contributed by atoms with Crippen LogP contribution in [0.4, 0.5) is 0 Å². The second kappa shape index (κ2) is 6.99. The van der Waals surface area contributed by atoms with E-state index in [1.165, 1.54) is 11.1 Å². The summed E-state index contributed by atoms with van der Waals surface area (Å²) in [5.41, 5.74) is 2.39. The lowest BCUT2D eigenvalue weighted by molar-refractivity contribution is 0.196. The monoisotopic (exact) mass is 254 g/mol. The molecule has 2 unspecified atom stereocenters. The zero-order chi connectivity index (χ0) is 12.8. The van der Waals surface area contributed by atoms with E-state index < -0.39 is 0 Å². The molecule has 17 heavy (non-hydrogen) atoms. The maximum absolute atomic E-state index is 9.49. The van der Waals surface area contributed by atoms with Gasteiger partial charge in [-0.2, -0.15) is 0 Å². The van der Waals surface area contributed by atoms with Crippen LogP contribution in [0.3, 0.4) is 0 Å². The van der Waals surface area contributed by atoms with E-state index in [-0.39, 0.29) is 11.4 Å². The van der Waals surface area contributed by atoms with Crippen molar-refractivity contribution >= 4 is 11.8 Å². The van der Waals surface area contributed by atoms with Gasteiger partial charge in [0.2, 0.25) is 0 Å². The van der Waals surface area contributed by atoms with Gasteiger partial charge < -0.3 is 10.4 Å². The van der Waals surface area contributed by atoms with Gasteiger partial charge in [-0.1, -0.05) is 19.9 Å². The van der Waals surface area contributed by atoms with Gasteiger partial charge in [0.15, 0.2) is 0 Å². The Kier molecular flexibility index (Phi) is 5.95. The number of hydrogen-bond donors (Lipinski definition) is 2. The summed E-state index contributed by atoms with van der Waals surface area (Å²) in [5.74, 6) is 0. The molecule has 0 amide bonds. The number of aromatic nitrogens is 1. The lowest BCUT2D eigenvalue weighted by Gasteiger charge is -2.15. The van der Waals surface area contributed by atoms with Crippen LogP contribution in [0.5, 0.6) is 0 Å². The molecule has 2 atom stereocenters. The van der Waals surface area contributed by atoms with Crippen LogP contribution in [0.15, 0.2) is 17.3 Å². The number of rotatable bonds is 6. The number of pyridine rings is 1. The van der Waals surface area contributed by atoms with Crippen molar-refractivity contribution in [2.24, 2.45) is 0 Å². The zero-order valence-electron chi connectivity index (χ0n) is 11.0. The van der Waals surface area contributed by atoms with Crippen LogP contribution in [-0.2, 0) is 6.54 Å². The fourth-order valence-corrected chi connectivity index (χ4v) is 2.29. The molecule has 4 heteroatoms. The van der Waals surface area contributed by atoms with Crippen molar-refractivity contribution in [3.63, 3.8) is 0 Å². The molecule has 1 rings (SSSR count). The molecule has 0 aromatic carbocycles. The van der Waals surface area contributed by atoms with Crippen LogP contribution in [0.2, 0.25) is 0 Å². The first-order valence-corrected chi connectivity index (χ1v) is 6.93. The molecule has 0 saturated carbocycles. The highest BCUT2D eigenvalue weighted by molar-refractivity contribution is 7.99. The molecule has 0 radical (unpaired) electrons. The molecule has 0 spiro atoms. The summed E-state index contributed by atoms with van der Waals surface area (Å²) in [5, 5.41) is 13.9. The summed E-state index contributed by atoms with van der Waals surface area (Å²) in [4.78, 5) is 4.47. The van der Waals surface area contributed by atoms with Crippen LogP contribution >= 0.6 is 11.8 Å². The van der Waals surface area contributed by atoms with Crippen molar-refractivity contribution in [3.05, 3.63) is 23.4 Å². The van der Waals surface area contributed by atoms with E-state index in [4.69, 9.17) is 0 Å². The number of hydrogen-bond acceptors (Lipinski definition) is 4. The van der Waals surface area contributed by atoms with Gasteiger partial charge in [-0.15, -0.1) is 11.8 Å². The normalized spacial score (nSPS) is 14.6. The van der Waals surface area contributed by atoms with Crippen LogP contribution in [-0.4, -0.2) is 28.0 Å². The maximum Gasteiger partial charge on any atom is 0.0992 e. The standard InChI is InChI=1S/C13H22N2OS/c1-5-14-7-12-6-9(2)13(15-8-12)17-11(4)10(3)16/h6,8,10-11,14,16H,5,7H2,1-4H3. The Hall–Kier alpha value is -0.580. The Balaban J connectivity index is 2.69. The largest absolute Gasteiger partial charge is 0.392 e. The third-order valence-corrected chi connectivity index (χ3v) is 4.06. The SMILES string of the molecule is CCNCc1cnc(SC(C)C(C)O)c(C)c1. The quantitative estimate of drug-likeness (QED) is 0.765. The molecule has 0 bridgehead atoms. The van der Waals surface area contributed by atoms with Crippen LogP contribution < -0.4 is 5.32 Å². The average molecular weight is 254 g/mol. The van der Waals surface area contributed by atoms with Crippen LogP contribution in [0.1, 0.15) is 31.9 Å². The van der Waals surface area contributed by atoms with E-state index in [0.29, 0.717) is 0 Å². The molecule has 0 saturated heterocycles. The Morgan fingerprint density at radius 1 is 1.47 bits per heavy atom. The molecule has 0 aliphatic carbocycles. The van der Waals surface area contributed by atoms with E-state index in [2.05, 4.69) is 30.2 Å². The van der Waals surface area contributed by atoms with Gasteiger partial charge in [0.25, 0.3) is 0 Å². The number of aliphatic hydroxyl groups is 1. The zero-order valence-corrected chi connectivity index (χ0v) is 11.8. The molecule has 1 aromatic rings. The predicted molar refractivity (Wildman–Crippen MR) is 73.4 cm³/mol. The minimum Gasteiger partial charge on any atom is -0.392 e. The summed E-state index contributed by atoms with van der Waals surface area (Å²) >= 11 is 1.63. The molecule has 1 heterocycles. The van der Waals surface area contributed by atoms with Crippen molar-refractivity contribution in [2.45, 2.75) is 50.6 Å². The van der Waals surface area contributed by atoms with E-state index in [0.717, 1.165) is 18.1 Å². The number of aryl methyl sites for hydroxylation is 1. The van der Waals surface area contributed by atoms with E-state index >= 15 is 0 Å². The third-order valence-electron chi connectivity index (χ3n) is 2.64. The van der Waals surface area contributed by atoms with Crippen LogP contribution in [0.25, 0.3) is 0 Å². The first-order chi connectivity index (χ1) is 8.04. The molecule has 1 aromatic heterocycles. The van der Waals surface area contributed by atoms with Crippen molar-refractivity contribution in [1.29, 1.82) is 0 Å². The Morgan fingerprint density at radius 3 is 2.71 bits per heavy atom. The summed E-state index contributed by atoms with van der Waals surface area (Å²) in [6, 6.07) is 2.16. The minimum atomic E-state index is -0.317. The maximum atomic E-state index is 9.49. The van der Waals surface area contributed by atoms with Gasteiger partial charge in [-0.25, -0.2) is 4.98 Å². The van der Waals surface area contributed by atoms with Gasteiger partial charge >= 0.3 is 0 Å².